The monoisotopic (exact) mass is 246 g/mol. The smallest absolute Gasteiger partial charge is 0.224 e. The Morgan fingerprint density at radius 2 is 2.35 bits per heavy atom. The topological polar surface area (TPSA) is 92.5 Å². The third-order valence-electron chi connectivity index (χ3n) is 2.34. The first kappa shape index (κ1) is 10.0. The highest BCUT2D eigenvalue weighted by Gasteiger charge is 2.07. The first-order valence-electron chi connectivity index (χ1n) is 5.04. The highest BCUT2D eigenvalue weighted by molar-refractivity contribution is 7.07. The molecule has 0 saturated heterocycles. The number of anilines is 2. The zero-order chi connectivity index (χ0) is 11.7. The number of H-pyrrole nitrogens is 1. The van der Waals surface area contributed by atoms with Gasteiger partial charge in [0.2, 0.25) is 5.95 Å². The predicted molar refractivity (Wildman–Crippen MR) is 67.7 cm³/mol. The molecule has 7 heteroatoms. The van der Waals surface area contributed by atoms with Gasteiger partial charge in [-0.15, -0.1) is 0 Å². The lowest BCUT2D eigenvalue weighted by Gasteiger charge is -2.05. The van der Waals surface area contributed by atoms with Gasteiger partial charge in [-0.1, -0.05) is 0 Å². The van der Waals surface area contributed by atoms with Gasteiger partial charge in [-0.2, -0.15) is 21.3 Å². The van der Waals surface area contributed by atoms with Crippen molar-refractivity contribution in [3.8, 4) is 0 Å². The van der Waals surface area contributed by atoms with Crippen molar-refractivity contribution in [3.63, 3.8) is 0 Å². The van der Waals surface area contributed by atoms with Gasteiger partial charge in [0.1, 0.15) is 5.52 Å². The molecular formula is C10H10N6S. The van der Waals surface area contributed by atoms with E-state index in [1.165, 1.54) is 5.56 Å². The number of hydrogen-bond acceptors (Lipinski definition) is 6. The van der Waals surface area contributed by atoms with E-state index in [4.69, 9.17) is 5.73 Å². The van der Waals surface area contributed by atoms with E-state index >= 15 is 0 Å². The zero-order valence-corrected chi connectivity index (χ0v) is 9.66. The van der Waals surface area contributed by atoms with Gasteiger partial charge in [0.25, 0.3) is 0 Å². The Hall–Kier alpha value is -2.15. The summed E-state index contributed by atoms with van der Waals surface area (Å²) in [6.45, 7) is 0.702. The molecule has 0 unspecified atom stereocenters. The Morgan fingerprint density at radius 1 is 1.41 bits per heavy atom. The molecule has 0 bridgehead atoms. The number of thiophene rings is 1. The number of nitrogen functional groups attached to an aromatic ring is 1. The van der Waals surface area contributed by atoms with Crippen LogP contribution in [0.2, 0.25) is 0 Å². The summed E-state index contributed by atoms with van der Waals surface area (Å²) in [5.74, 6) is 0.897. The number of hydrogen-bond donors (Lipinski definition) is 3. The van der Waals surface area contributed by atoms with Crippen LogP contribution in [0.25, 0.3) is 11.2 Å². The second kappa shape index (κ2) is 4.02. The van der Waals surface area contributed by atoms with E-state index in [0.29, 0.717) is 18.0 Å². The molecule has 0 aliphatic rings. The van der Waals surface area contributed by atoms with Crippen molar-refractivity contribution < 1.29 is 0 Å². The molecule has 0 fully saturated rings. The lowest BCUT2D eigenvalue weighted by molar-refractivity contribution is 1.11. The maximum Gasteiger partial charge on any atom is 0.224 e. The molecule has 3 aromatic heterocycles. The lowest BCUT2D eigenvalue weighted by Crippen LogP contribution is -2.04. The summed E-state index contributed by atoms with van der Waals surface area (Å²) in [6, 6.07) is 2.06. The van der Waals surface area contributed by atoms with Crippen LogP contribution in [0.15, 0.2) is 23.2 Å². The summed E-state index contributed by atoms with van der Waals surface area (Å²) in [7, 11) is 0. The minimum absolute atomic E-state index is 0.220. The summed E-state index contributed by atoms with van der Waals surface area (Å²) >= 11 is 1.67. The van der Waals surface area contributed by atoms with Crippen LogP contribution in [0, 0.1) is 0 Å². The van der Waals surface area contributed by atoms with Crippen LogP contribution in [0.5, 0.6) is 0 Å². The number of nitrogens with zero attached hydrogens (tertiary/aromatic N) is 3. The van der Waals surface area contributed by atoms with Crippen LogP contribution in [-0.4, -0.2) is 19.9 Å². The summed E-state index contributed by atoms with van der Waals surface area (Å²) < 4.78 is 0. The van der Waals surface area contributed by atoms with Gasteiger partial charge in [-0.3, -0.25) is 0 Å². The van der Waals surface area contributed by atoms with Crippen molar-refractivity contribution in [3.05, 3.63) is 28.7 Å². The lowest BCUT2D eigenvalue weighted by atomic mass is 10.3. The van der Waals surface area contributed by atoms with Crippen molar-refractivity contribution in [1.29, 1.82) is 0 Å². The van der Waals surface area contributed by atoms with Gasteiger partial charge < -0.3 is 16.0 Å². The first-order valence-corrected chi connectivity index (χ1v) is 5.99. The average molecular weight is 246 g/mol. The standard InChI is InChI=1S/C10H10N6S/c11-10-15-8(7-9(16-10)14-5-13-7)12-3-6-1-2-17-4-6/h1-2,4-5H,3H2,(H4,11,12,13,14,15,16). The fourth-order valence-corrected chi connectivity index (χ4v) is 2.23. The Bertz CT molecular complexity index is 629. The van der Waals surface area contributed by atoms with Crippen LogP contribution in [0.4, 0.5) is 11.8 Å². The number of rotatable bonds is 3. The molecule has 3 heterocycles. The van der Waals surface area contributed by atoms with E-state index in [0.717, 1.165) is 5.52 Å². The maximum absolute atomic E-state index is 5.62. The molecule has 17 heavy (non-hydrogen) atoms. The van der Waals surface area contributed by atoms with Gasteiger partial charge in [0, 0.05) is 6.54 Å². The van der Waals surface area contributed by atoms with Crippen molar-refractivity contribution in [2.45, 2.75) is 6.54 Å². The molecule has 0 aliphatic heterocycles. The fraction of sp³-hybridized carbons (Fsp3) is 0.100. The molecule has 3 rings (SSSR count). The highest BCUT2D eigenvalue weighted by Crippen LogP contribution is 2.18. The minimum Gasteiger partial charge on any atom is -0.368 e. The number of nitrogens with one attached hydrogen (secondary N) is 2. The van der Waals surface area contributed by atoms with E-state index in [2.05, 4.69) is 36.7 Å². The second-order valence-electron chi connectivity index (χ2n) is 3.52. The van der Waals surface area contributed by atoms with Crippen molar-refractivity contribution >= 4 is 34.3 Å². The van der Waals surface area contributed by atoms with Gasteiger partial charge in [0.05, 0.1) is 6.33 Å². The number of imidazole rings is 1. The third-order valence-corrected chi connectivity index (χ3v) is 3.08. The molecule has 3 aromatic rings. The summed E-state index contributed by atoms with van der Waals surface area (Å²) in [5, 5.41) is 7.35. The number of aromatic nitrogens is 4. The van der Waals surface area contributed by atoms with E-state index in [1.807, 2.05) is 5.38 Å². The quantitative estimate of drug-likeness (QED) is 0.653. The van der Waals surface area contributed by atoms with Crippen molar-refractivity contribution in [2.24, 2.45) is 0 Å². The third kappa shape index (κ3) is 1.92. The van der Waals surface area contributed by atoms with E-state index in [-0.39, 0.29) is 5.95 Å². The molecule has 0 radical (unpaired) electrons. The largest absolute Gasteiger partial charge is 0.368 e. The normalized spacial score (nSPS) is 10.8. The molecule has 4 N–H and O–H groups in total. The molecule has 0 aromatic carbocycles. The summed E-state index contributed by atoms with van der Waals surface area (Å²) in [4.78, 5) is 15.2. The first-order chi connectivity index (χ1) is 8.33. The molecule has 0 spiro atoms. The van der Waals surface area contributed by atoms with Crippen LogP contribution in [0.1, 0.15) is 5.56 Å². The predicted octanol–water partition coefficient (Wildman–Crippen LogP) is 1.61. The Morgan fingerprint density at radius 3 is 3.18 bits per heavy atom. The zero-order valence-electron chi connectivity index (χ0n) is 8.84. The number of aromatic amines is 1. The number of fused-ring (bicyclic) bond motifs is 1. The van der Waals surface area contributed by atoms with Crippen molar-refractivity contribution in [1.82, 2.24) is 19.9 Å². The molecular weight excluding hydrogens is 236 g/mol. The van der Waals surface area contributed by atoms with Gasteiger partial charge >= 0.3 is 0 Å². The molecule has 0 atom stereocenters. The van der Waals surface area contributed by atoms with Crippen LogP contribution in [0.3, 0.4) is 0 Å². The molecule has 0 aliphatic carbocycles. The Labute approximate surface area is 101 Å². The van der Waals surface area contributed by atoms with E-state index in [9.17, 15) is 0 Å². The highest BCUT2D eigenvalue weighted by atomic mass is 32.1. The molecule has 0 amide bonds. The van der Waals surface area contributed by atoms with E-state index in [1.54, 1.807) is 17.7 Å². The summed E-state index contributed by atoms with van der Waals surface area (Å²) in [6.07, 6.45) is 1.58. The minimum atomic E-state index is 0.220. The SMILES string of the molecule is Nc1nc(NCc2ccsc2)c2[nH]cnc2n1. The molecule has 6 nitrogen and oxygen atoms in total. The molecule has 0 saturated carbocycles. The van der Waals surface area contributed by atoms with Crippen LogP contribution >= 0.6 is 11.3 Å². The Balaban J connectivity index is 1.91. The van der Waals surface area contributed by atoms with Crippen LogP contribution < -0.4 is 11.1 Å². The fourth-order valence-electron chi connectivity index (χ4n) is 1.56. The van der Waals surface area contributed by atoms with Crippen molar-refractivity contribution in [2.75, 3.05) is 11.1 Å². The van der Waals surface area contributed by atoms with Gasteiger partial charge in [-0.05, 0) is 22.4 Å². The van der Waals surface area contributed by atoms with Gasteiger partial charge in [-0.25, -0.2) is 4.98 Å². The maximum atomic E-state index is 5.62. The second-order valence-corrected chi connectivity index (χ2v) is 4.30. The van der Waals surface area contributed by atoms with E-state index < -0.39 is 0 Å². The average Bonchev–Trinajstić information content (AvgIpc) is 2.95. The summed E-state index contributed by atoms with van der Waals surface area (Å²) in [5.41, 5.74) is 8.17. The Kier molecular flexibility index (Phi) is 2.37. The van der Waals surface area contributed by atoms with Gasteiger partial charge in [0.15, 0.2) is 11.5 Å². The molecule has 86 valence electrons. The number of nitrogens with two attached hydrogens (primary N) is 1. The van der Waals surface area contributed by atoms with Crippen LogP contribution in [-0.2, 0) is 6.54 Å².